The predicted octanol–water partition coefficient (Wildman–Crippen LogP) is 1.79. The Morgan fingerprint density at radius 2 is 2.20 bits per heavy atom. The van der Waals surface area contributed by atoms with Gasteiger partial charge >= 0.3 is 0 Å². The molecule has 4 heteroatoms. The smallest absolute Gasteiger partial charge is 0.153 e. The summed E-state index contributed by atoms with van der Waals surface area (Å²) >= 11 is 0. The number of hydrogen-bond donors (Lipinski definition) is 1. The number of ether oxygens (including phenoxy) is 1. The normalized spacial score (nSPS) is 11.2. The molecule has 3 nitrogen and oxygen atoms in total. The lowest BCUT2D eigenvalue weighted by Crippen LogP contribution is -2.28. The maximum atomic E-state index is 12.7. The van der Waals surface area contributed by atoms with Gasteiger partial charge < -0.3 is 9.84 Å². The minimum Gasteiger partial charge on any atom is -0.490 e. The first-order chi connectivity index (χ1) is 6.92. The topological polar surface area (TPSA) is 46.5 Å². The van der Waals surface area contributed by atoms with Gasteiger partial charge in [-0.15, -0.1) is 0 Å². The van der Waals surface area contributed by atoms with Gasteiger partial charge in [-0.2, -0.15) is 0 Å². The molecule has 0 radical (unpaired) electrons. The lowest BCUT2D eigenvalue weighted by atomic mass is 10.1. The van der Waals surface area contributed by atoms with E-state index in [-0.39, 0.29) is 17.9 Å². The number of carbonyl (C=O) groups excluding carboxylic acids is 1. The van der Waals surface area contributed by atoms with E-state index in [1.807, 2.05) is 0 Å². The molecule has 0 aliphatic rings. The van der Waals surface area contributed by atoms with Crippen molar-refractivity contribution < 1.29 is 19.0 Å². The van der Waals surface area contributed by atoms with Crippen LogP contribution < -0.4 is 4.74 Å². The van der Waals surface area contributed by atoms with E-state index in [9.17, 15) is 14.3 Å². The van der Waals surface area contributed by atoms with E-state index in [0.717, 1.165) is 6.07 Å². The van der Waals surface area contributed by atoms with E-state index in [4.69, 9.17) is 4.74 Å². The molecule has 82 valence electrons. The van der Waals surface area contributed by atoms with Gasteiger partial charge in [-0.05, 0) is 32.0 Å². The predicted molar refractivity (Wildman–Crippen MR) is 53.6 cm³/mol. The summed E-state index contributed by atoms with van der Waals surface area (Å²) in [5.41, 5.74) is -0.853. The molecule has 0 atom stereocenters. The standard InChI is InChI=1S/C11H13FO3/c1-11(2,14)7-15-10-4-3-9(12)5-8(10)6-13/h3-6,14H,7H2,1-2H3. The number of aldehydes is 1. The first-order valence-corrected chi connectivity index (χ1v) is 4.52. The Morgan fingerprint density at radius 3 is 2.73 bits per heavy atom. The first kappa shape index (κ1) is 11.7. The zero-order chi connectivity index (χ0) is 11.5. The number of halogens is 1. The van der Waals surface area contributed by atoms with Crippen molar-refractivity contribution in [2.24, 2.45) is 0 Å². The van der Waals surface area contributed by atoms with Crippen molar-refractivity contribution in [3.63, 3.8) is 0 Å². The quantitative estimate of drug-likeness (QED) is 0.774. The van der Waals surface area contributed by atoms with Crippen molar-refractivity contribution in [1.29, 1.82) is 0 Å². The summed E-state index contributed by atoms with van der Waals surface area (Å²) in [5.74, 6) is -0.221. The molecule has 0 aliphatic carbocycles. The minimum atomic E-state index is -0.992. The lowest BCUT2D eigenvalue weighted by Gasteiger charge is -2.18. The molecule has 0 fully saturated rings. The SMILES string of the molecule is CC(C)(O)COc1ccc(F)cc1C=O. The van der Waals surface area contributed by atoms with Gasteiger partial charge in [0.25, 0.3) is 0 Å². The van der Waals surface area contributed by atoms with Gasteiger partial charge in [-0.25, -0.2) is 4.39 Å². The van der Waals surface area contributed by atoms with E-state index in [2.05, 4.69) is 0 Å². The summed E-state index contributed by atoms with van der Waals surface area (Å²) in [4.78, 5) is 10.6. The zero-order valence-corrected chi connectivity index (χ0v) is 8.66. The van der Waals surface area contributed by atoms with Crippen molar-refractivity contribution in [2.75, 3.05) is 6.61 Å². The lowest BCUT2D eigenvalue weighted by molar-refractivity contribution is 0.0282. The molecule has 0 heterocycles. The van der Waals surface area contributed by atoms with Crippen molar-refractivity contribution in [1.82, 2.24) is 0 Å². The molecule has 0 unspecified atom stereocenters. The van der Waals surface area contributed by atoms with Gasteiger partial charge in [0.05, 0.1) is 11.2 Å². The highest BCUT2D eigenvalue weighted by Crippen LogP contribution is 2.19. The van der Waals surface area contributed by atoms with Crippen molar-refractivity contribution in [3.8, 4) is 5.75 Å². The average molecular weight is 212 g/mol. The van der Waals surface area contributed by atoms with Crippen LogP contribution in [0, 0.1) is 5.82 Å². The van der Waals surface area contributed by atoms with Crippen molar-refractivity contribution in [3.05, 3.63) is 29.6 Å². The van der Waals surface area contributed by atoms with E-state index >= 15 is 0 Å². The largest absolute Gasteiger partial charge is 0.490 e. The number of benzene rings is 1. The maximum Gasteiger partial charge on any atom is 0.153 e. The van der Waals surface area contributed by atoms with Crippen LogP contribution in [0.1, 0.15) is 24.2 Å². The zero-order valence-electron chi connectivity index (χ0n) is 8.66. The molecule has 1 aromatic carbocycles. The molecule has 0 spiro atoms. The Bertz CT molecular complexity index is 355. The van der Waals surface area contributed by atoms with Gasteiger partial charge in [0.15, 0.2) is 6.29 Å². The minimum absolute atomic E-state index is 0.0411. The fraction of sp³-hybridized carbons (Fsp3) is 0.364. The highest BCUT2D eigenvalue weighted by Gasteiger charge is 2.14. The van der Waals surface area contributed by atoms with Crippen LogP contribution in [-0.2, 0) is 0 Å². The van der Waals surface area contributed by atoms with E-state index in [1.54, 1.807) is 13.8 Å². The second-order valence-corrected chi connectivity index (χ2v) is 3.90. The molecule has 15 heavy (non-hydrogen) atoms. The highest BCUT2D eigenvalue weighted by molar-refractivity contribution is 5.79. The van der Waals surface area contributed by atoms with Crippen LogP contribution in [0.25, 0.3) is 0 Å². The summed E-state index contributed by atoms with van der Waals surface area (Å²) in [6.45, 7) is 3.20. The molecular weight excluding hydrogens is 199 g/mol. The van der Waals surface area contributed by atoms with Crippen molar-refractivity contribution >= 4 is 6.29 Å². The van der Waals surface area contributed by atoms with Gasteiger partial charge in [0.1, 0.15) is 18.2 Å². The summed E-state index contributed by atoms with van der Waals surface area (Å²) in [5, 5.41) is 9.41. The van der Waals surface area contributed by atoms with Crippen LogP contribution in [0.5, 0.6) is 5.75 Å². The third-order valence-corrected chi connectivity index (χ3v) is 1.68. The van der Waals surface area contributed by atoms with Gasteiger partial charge in [-0.1, -0.05) is 0 Å². The molecule has 0 saturated heterocycles. The van der Waals surface area contributed by atoms with E-state index in [1.165, 1.54) is 12.1 Å². The summed E-state index contributed by atoms with van der Waals surface area (Å²) < 4.78 is 17.9. The van der Waals surface area contributed by atoms with Crippen LogP contribution in [0.15, 0.2) is 18.2 Å². The summed E-state index contributed by atoms with van der Waals surface area (Å²) in [7, 11) is 0. The number of carbonyl (C=O) groups is 1. The van der Waals surface area contributed by atoms with Crippen LogP contribution >= 0.6 is 0 Å². The molecule has 0 bridgehead atoms. The molecule has 1 aromatic rings. The number of aliphatic hydroxyl groups is 1. The average Bonchev–Trinajstić information content (AvgIpc) is 2.14. The summed E-state index contributed by atoms with van der Waals surface area (Å²) in [6, 6.07) is 3.66. The van der Waals surface area contributed by atoms with Gasteiger partial charge in [0, 0.05) is 0 Å². The fourth-order valence-electron chi connectivity index (χ4n) is 0.997. The van der Waals surface area contributed by atoms with Gasteiger partial charge in [-0.3, -0.25) is 4.79 Å². The second kappa shape index (κ2) is 4.40. The van der Waals surface area contributed by atoms with E-state index in [0.29, 0.717) is 6.29 Å². The number of hydrogen-bond acceptors (Lipinski definition) is 3. The molecule has 0 aliphatic heterocycles. The Balaban J connectivity index is 2.81. The summed E-state index contributed by atoms with van der Waals surface area (Å²) in [6.07, 6.45) is 0.517. The Morgan fingerprint density at radius 1 is 1.53 bits per heavy atom. The van der Waals surface area contributed by atoms with Gasteiger partial charge in [0.2, 0.25) is 0 Å². The fourth-order valence-corrected chi connectivity index (χ4v) is 0.997. The molecule has 0 amide bonds. The first-order valence-electron chi connectivity index (χ1n) is 4.52. The second-order valence-electron chi connectivity index (χ2n) is 3.90. The molecular formula is C11H13FO3. The van der Waals surface area contributed by atoms with Crippen LogP contribution in [0.3, 0.4) is 0 Å². The molecule has 1 rings (SSSR count). The third kappa shape index (κ3) is 3.67. The van der Waals surface area contributed by atoms with E-state index < -0.39 is 11.4 Å². The molecule has 0 saturated carbocycles. The Hall–Kier alpha value is -1.42. The Kier molecular flexibility index (Phi) is 3.42. The van der Waals surface area contributed by atoms with Crippen LogP contribution in [-0.4, -0.2) is 23.6 Å². The third-order valence-electron chi connectivity index (χ3n) is 1.68. The van der Waals surface area contributed by atoms with Crippen LogP contribution in [0.2, 0.25) is 0 Å². The maximum absolute atomic E-state index is 12.7. The van der Waals surface area contributed by atoms with Crippen molar-refractivity contribution in [2.45, 2.75) is 19.4 Å². The molecule has 1 N–H and O–H groups in total. The number of rotatable bonds is 4. The highest BCUT2D eigenvalue weighted by atomic mass is 19.1. The molecule has 0 aromatic heterocycles. The Labute approximate surface area is 87.5 Å². The van der Waals surface area contributed by atoms with Crippen LogP contribution in [0.4, 0.5) is 4.39 Å². The monoisotopic (exact) mass is 212 g/mol.